The summed E-state index contributed by atoms with van der Waals surface area (Å²) in [7, 11) is 2.10. The number of hydrogen-bond acceptors (Lipinski definition) is 3. The minimum atomic E-state index is 0.589. The topological polar surface area (TPSA) is 29.0 Å². The zero-order chi connectivity index (χ0) is 13.7. The summed E-state index contributed by atoms with van der Waals surface area (Å²) in [4.78, 5) is 10.6. The van der Waals surface area contributed by atoms with Crippen LogP contribution < -0.4 is 0 Å². The van der Waals surface area contributed by atoms with Gasteiger partial charge in [0.05, 0.1) is 5.69 Å². The molecule has 1 aromatic heterocycles. The summed E-state index contributed by atoms with van der Waals surface area (Å²) in [6.07, 6.45) is 5.26. The van der Waals surface area contributed by atoms with Crippen LogP contribution in [0.25, 0.3) is 0 Å². The maximum Gasteiger partial charge on any atom is 0.0726 e. The molecule has 19 heavy (non-hydrogen) atoms. The lowest BCUT2D eigenvalue weighted by atomic mass is 10.0. The van der Waals surface area contributed by atoms with E-state index in [1.54, 1.807) is 12.4 Å². The zero-order valence-corrected chi connectivity index (χ0v) is 11.9. The Labute approximate surface area is 115 Å². The fraction of sp³-hybridized carbons (Fsp3) is 0.375. The van der Waals surface area contributed by atoms with Crippen LogP contribution in [0.3, 0.4) is 0 Å². The number of aromatic nitrogens is 2. The van der Waals surface area contributed by atoms with Crippen LogP contribution in [0.5, 0.6) is 0 Å². The van der Waals surface area contributed by atoms with Crippen molar-refractivity contribution in [2.24, 2.45) is 0 Å². The Morgan fingerprint density at radius 3 is 2.37 bits per heavy atom. The van der Waals surface area contributed by atoms with Gasteiger partial charge in [-0.2, -0.15) is 0 Å². The van der Waals surface area contributed by atoms with Crippen molar-refractivity contribution in [3.05, 3.63) is 59.7 Å². The first-order valence-electron chi connectivity index (χ1n) is 6.67. The second-order valence-electron chi connectivity index (χ2n) is 5.27. The fourth-order valence-corrected chi connectivity index (χ4v) is 2.06. The van der Waals surface area contributed by atoms with E-state index in [2.05, 4.69) is 60.0 Å². The van der Waals surface area contributed by atoms with Crippen LogP contribution in [0.15, 0.2) is 42.9 Å². The molecular weight excluding hydrogens is 234 g/mol. The lowest BCUT2D eigenvalue weighted by Gasteiger charge is -2.16. The van der Waals surface area contributed by atoms with E-state index in [0.29, 0.717) is 5.92 Å². The number of nitrogens with zero attached hydrogens (tertiary/aromatic N) is 3. The van der Waals surface area contributed by atoms with Gasteiger partial charge in [-0.25, -0.2) is 0 Å². The molecule has 3 heteroatoms. The highest BCUT2D eigenvalue weighted by Gasteiger charge is 2.04. The molecule has 0 spiro atoms. The SMILES string of the molecule is CC(C)c1ccc(CN(C)Cc2cnccn2)cc1. The van der Waals surface area contributed by atoms with E-state index in [4.69, 9.17) is 0 Å². The number of hydrogen-bond donors (Lipinski definition) is 0. The van der Waals surface area contributed by atoms with E-state index in [9.17, 15) is 0 Å². The minimum Gasteiger partial charge on any atom is -0.296 e. The van der Waals surface area contributed by atoms with Gasteiger partial charge in [-0.05, 0) is 24.1 Å². The molecule has 0 amide bonds. The molecule has 0 aliphatic carbocycles. The monoisotopic (exact) mass is 255 g/mol. The predicted octanol–water partition coefficient (Wildman–Crippen LogP) is 3.23. The van der Waals surface area contributed by atoms with Crippen LogP contribution in [0.1, 0.15) is 36.6 Å². The molecule has 0 N–H and O–H groups in total. The molecule has 3 nitrogen and oxygen atoms in total. The van der Waals surface area contributed by atoms with Crippen LogP contribution in [0.2, 0.25) is 0 Å². The van der Waals surface area contributed by atoms with Crippen molar-refractivity contribution in [3.63, 3.8) is 0 Å². The maximum absolute atomic E-state index is 4.29. The highest BCUT2D eigenvalue weighted by molar-refractivity contribution is 5.24. The van der Waals surface area contributed by atoms with E-state index < -0.39 is 0 Å². The third kappa shape index (κ3) is 4.14. The molecule has 0 aliphatic heterocycles. The smallest absolute Gasteiger partial charge is 0.0726 e. The lowest BCUT2D eigenvalue weighted by molar-refractivity contribution is 0.314. The summed E-state index contributed by atoms with van der Waals surface area (Å²) in [6.45, 7) is 6.18. The largest absolute Gasteiger partial charge is 0.296 e. The van der Waals surface area contributed by atoms with Crippen LogP contribution in [-0.4, -0.2) is 21.9 Å². The summed E-state index contributed by atoms with van der Waals surface area (Å²) in [6, 6.07) is 8.86. The Hall–Kier alpha value is -1.74. The molecule has 0 saturated heterocycles. The van der Waals surface area contributed by atoms with Gasteiger partial charge >= 0.3 is 0 Å². The highest BCUT2D eigenvalue weighted by Crippen LogP contribution is 2.15. The molecule has 2 rings (SSSR count). The Balaban J connectivity index is 1.93. The fourth-order valence-electron chi connectivity index (χ4n) is 2.06. The van der Waals surface area contributed by atoms with Crippen LogP contribution in [0, 0.1) is 0 Å². The van der Waals surface area contributed by atoms with Crippen molar-refractivity contribution in [3.8, 4) is 0 Å². The molecule has 0 unspecified atom stereocenters. The van der Waals surface area contributed by atoms with Gasteiger partial charge < -0.3 is 0 Å². The summed E-state index contributed by atoms with van der Waals surface area (Å²) in [5.74, 6) is 0.589. The number of rotatable bonds is 5. The zero-order valence-electron chi connectivity index (χ0n) is 11.9. The lowest BCUT2D eigenvalue weighted by Crippen LogP contribution is -2.18. The van der Waals surface area contributed by atoms with Gasteiger partial charge in [-0.1, -0.05) is 38.1 Å². The molecule has 0 fully saturated rings. The van der Waals surface area contributed by atoms with Crippen molar-refractivity contribution in [2.45, 2.75) is 32.9 Å². The van der Waals surface area contributed by atoms with Gasteiger partial charge in [0.2, 0.25) is 0 Å². The van der Waals surface area contributed by atoms with E-state index in [-0.39, 0.29) is 0 Å². The quantitative estimate of drug-likeness (QED) is 0.821. The predicted molar refractivity (Wildman–Crippen MR) is 77.7 cm³/mol. The van der Waals surface area contributed by atoms with Gasteiger partial charge in [-0.3, -0.25) is 14.9 Å². The third-order valence-corrected chi connectivity index (χ3v) is 3.15. The molecule has 1 heterocycles. The molecule has 0 bridgehead atoms. The molecule has 2 aromatic rings. The second-order valence-corrected chi connectivity index (χ2v) is 5.27. The summed E-state index contributed by atoms with van der Waals surface area (Å²) >= 11 is 0. The van der Waals surface area contributed by atoms with Gasteiger partial charge in [-0.15, -0.1) is 0 Å². The molecule has 0 atom stereocenters. The average molecular weight is 255 g/mol. The number of benzene rings is 1. The second kappa shape index (κ2) is 6.43. The Morgan fingerprint density at radius 2 is 1.79 bits per heavy atom. The summed E-state index contributed by atoms with van der Waals surface area (Å²) in [5.41, 5.74) is 3.72. The first-order chi connectivity index (χ1) is 9.15. The van der Waals surface area contributed by atoms with Gasteiger partial charge in [0.1, 0.15) is 0 Å². The van der Waals surface area contributed by atoms with Gasteiger partial charge in [0, 0.05) is 31.7 Å². The normalized spacial score (nSPS) is 11.2. The van der Waals surface area contributed by atoms with Crippen molar-refractivity contribution in [2.75, 3.05) is 7.05 Å². The Kier molecular flexibility index (Phi) is 4.63. The van der Waals surface area contributed by atoms with Crippen LogP contribution in [-0.2, 0) is 13.1 Å². The third-order valence-electron chi connectivity index (χ3n) is 3.15. The highest BCUT2D eigenvalue weighted by atomic mass is 15.1. The van der Waals surface area contributed by atoms with Gasteiger partial charge in [0.25, 0.3) is 0 Å². The van der Waals surface area contributed by atoms with Crippen molar-refractivity contribution >= 4 is 0 Å². The van der Waals surface area contributed by atoms with Crippen molar-refractivity contribution in [1.29, 1.82) is 0 Å². The summed E-state index contributed by atoms with van der Waals surface area (Å²) < 4.78 is 0. The van der Waals surface area contributed by atoms with E-state index >= 15 is 0 Å². The van der Waals surface area contributed by atoms with E-state index in [0.717, 1.165) is 18.8 Å². The van der Waals surface area contributed by atoms with Crippen LogP contribution in [0.4, 0.5) is 0 Å². The van der Waals surface area contributed by atoms with E-state index in [1.807, 2.05) is 6.20 Å². The van der Waals surface area contributed by atoms with Crippen LogP contribution >= 0.6 is 0 Å². The summed E-state index contributed by atoms with van der Waals surface area (Å²) in [5, 5.41) is 0. The molecule has 1 aromatic carbocycles. The van der Waals surface area contributed by atoms with Crippen molar-refractivity contribution in [1.82, 2.24) is 14.9 Å². The first kappa shape index (κ1) is 13.7. The van der Waals surface area contributed by atoms with E-state index in [1.165, 1.54) is 11.1 Å². The molecule has 0 aliphatic rings. The first-order valence-corrected chi connectivity index (χ1v) is 6.67. The minimum absolute atomic E-state index is 0.589. The molecular formula is C16H21N3. The molecule has 100 valence electrons. The standard InChI is InChI=1S/C16H21N3/c1-13(2)15-6-4-14(5-7-15)11-19(3)12-16-10-17-8-9-18-16/h4-10,13H,11-12H2,1-3H3. The maximum atomic E-state index is 4.29. The molecule has 0 radical (unpaired) electrons. The van der Waals surface area contributed by atoms with Gasteiger partial charge in [0.15, 0.2) is 0 Å². The Morgan fingerprint density at radius 1 is 1.05 bits per heavy atom. The molecule has 0 saturated carbocycles. The average Bonchev–Trinajstić information content (AvgIpc) is 2.40. The Bertz CT molecular complexity index is 491. The van der Waals surface area contributed by atoms with Crippen molar-refractivity contribution < 1.29 is 0 Å².